The molecule has 2 aromatic rings. The quantitative estimate of drug-likeness (QED) is 0.826. The topological polar surface area (TPSA) is 35.2 Å². The van der Waals surface area contributed by atoms with E-state index in [2.05, 4.69) is 15.9 Å². The second-order valence-electron chi connectivity index (χ2n) is 3.83. The molecule has 0 aromatic heterocycles. The maximum absolute atomic E-state index is 13.4. The van der Waals surface area contributed by atoms with E-state index in [4.69, 9.17) is 22.1 Å². The summed E-state index contributed by atoms with van der Waals surface area (Å²) >= 11 is 9.07. The van der Waals surface area contributed by atoms with Crippen LogP contribution >= 0.6 is 27.5 Å². The predicted molar refractivity (Wildman–Crippen MR) is 74.3 cm³/mol. The Morgan fingerprint density at radius 3 is 2.58 bits per heavy atom. The van der Waals surface area contributed by atoms with Gasteiger partial charge in [-0.15, -0.1) is 0 Å². The molecule has 0 aliphatic heterocycles. The lowest BCUT2D eigenvalue weighted by atomic mass is 10.2. The molecule has 0 heterocycles. The normalized spacial score (nSPS) is 10.5. The highest BCUT2D eigenvalue weighted by Crippen LogP contribution is 2.35. The van der Waals surface area contributed by atoms with Crippen LogP contribution in [-0.4, -0.2) is 0 Å². The first-order chi connectivity index (χ1) is 8.97. The summed E-state index contributed by atoms with van der Waals surface area (Å²) in [6, 6.07) is 6.45. The first-order valence-corrected chi connectivity index (χ1v) is 6.45. The molecular formula is C13H9BrClF2NO. The molecule has 0 saturated carbocycles. The summed E-state index contributed by atoms with van der Waals surface area (Å²) in [5, 5.41) is 0.463. The molecule has 2 aromatic carbocycles. The van der Waals surface area contributed by atoms with Crippen molar-refractivity contribution in [1.82, 2.24) is 0 Å². The van der Waals surface area contributed by atoms with E-state index in [1.54, 1.807) is 6.07 Å². The summed E-state index contributed by atoms with van der Waals surface area (Å²) in [5.41, 5.74) is 6.33. The second-order valence-corrected chi connectivity index (χ2v) is 5.12. The molecule has 0 atom stereocenters. The van der Waals surface area contributed by atoms with Gasteiger partial charge in [-0.3, -0.25) is 0 Å². The monoisotopic (exact) mass is 347 g/mol. The van der Waals surface area contributed by atoms with E-state index in [-0.39, 0.29) is 12.2 Å². The Bertz CT molecular complexity index is 599. The van der Waals surface area contributed by atoms with E-state index < -0.39 is 11.6 Å². The molecule has 0 radical (unpaired) electrons. The largest absolute Gasteiger partial charge is 0.485 e. The Morgan fingerprint density at radius 2 is 1.95 bits per heavy atom. The van der Waals surface area contributed by atoms with Crippen molar-refractivity contribution in [2.45, 2.75) is 6.61 Å². The Morgan fingerprint density at radius 1 is 1.21 bits per heavy atom. The SMILES string of the molecule is Nc1cc(Cl)cc(Br)c1OCc1ccc(F)cc1F. The van der Waals surface area contributed by atoms with Gasteiger partial charge in [-0.25, -0.2) is 8.78 Å². The average Bonchev–Trinajstić information content (AvgIpc) is 2.30. The van der Waals surface area contributed by atoms with Crippen LogP contribution in [0.4, 0.5) is 14.5 Å². The third-order valence-corrected chi connectivity index (χ3v) is 3.23. The second kappa shape index (κ2) is 5.75. The summed E-state index contributed by atoms with van der Waals surface area (Å²) in [6.45, 7) is -0.0590. The molecule has 0 aliphatic rings. The number of benzene rings is 2. The van der Waals surface area contributed by atoms with Crippen molar-refractivity contribution in [3.05, 3.63) is 57.0 Å². The molecule has 0 amide bonds. The third kappa shape index (κ3) is 3.36. The molecule has 0 saturated heterocycles. The number of halogens is 4. The molecule has 0 spiro atoms. The lowest BCUT2D eigenvalue weighted by Gasteiger charge is -2.12. The van der Waals surface area contributed by atoms with Crippen molar-refractivity contribution in [2.24, 2.45) is 0 Å². The summed E-state index contributed by atoms with van der Waals surface area (Å²) in [7, 11) is 0. The summed E-state index contributed by atoms with van der Waals surface area (Å²) < 4.78 is 32.2. The lowest BCUT2D eigenvalue weighted by molar-refractivity contribution is 0.299. The zero-order valence-corrected chi connectivity index (χ0v) is 11.9. The van der Waals surface area contributed by atoms with Gasteiger partial charge in [0, 0.05) is 16.7 Å². The Hall–Kier alpha value is -1.33. The Balaban J connectivity index is 2.19. The zero-order chi connectivity index (χ0) is 14.0. The van der Waals surface area contributed by atoms with Gasteiger partial charge < -0.3 is 10.5 Å². The number of hydrogen-bond donors (Lipinski definition) is 1. The average molecular weight is 349 g/mol. The zero-order valence-electron chi connectivity index (χ0n) is 9.59. The van der Waals surface area contributed by atoms with Crippen molar-refractivity contribution in [3.63, 3.8) is 0 Å². The number of hydrogen-bond acceptors (Lipinski definition) is 2. The molecule has 6 heteroatoms. The van der Waals surface area contributed by atoms with Crippen LogP contribution in [0, 0.1) is 11.6 Å². The maximum Gasteiger partial charge on any atom is 0.156 e. The maximum atomic E-state index is 13.4. The number of nitrogen functional groups attached to an aromatic ring is 1. The molecule has 2 N–H and O–H groups in total. The first kappa shape index (κ1) is 14.1. The van der Waals surface area contributed by atoms with Crippen LogP contribution < -0.4 is 10.5 Å². The molecular weight excluding hydrogens is 340 g/mol. The standard InChI is InChI=1S/C13H9BrClF2NO/c14-10-3-8(15)4-12(18)13(10)19-6-7-1-2-9(16)5-11(7)17/h1-5H,6,18H2. The van der Waals surface area contributed by atoms with Gasteiger partial charge in [0.2, 0.25) is 0 Å². The Kier molecular flexibility index (Phi) is 4.27. The lowest BCUT2D eigenvalue weighted by Crippen LogP contribution is -2.02. The van der Waals surface area contributed by atoms with Gasteiger partial charge in [0.15, 0.2) is 5.75 Å². The molecule has 2 rings (SSSR count). The van der Waals surface area contributed by atoms with Gasteiger partial charge in [-0.2, -0.15) is 0 Å². The fourth-order valence-electron chi connectivity index (χ4n) is 1.52. The minimum absolute atomic E-state index is 0.0590. The minimum atomic E-state index is -0.663. The van der Waals surface area contributed by atoms with Crippen molar-refractivity contribution in [2.75, 3.05) is 5.73 Å². The Labute approximate surface area is 122 Å². The molecule has 0 fully saturated rings. The van der Waals surface area contributed by atoms with Crippen molar-refractivity contribution >= 4 is 33.2 Å². The van der Waals surface area contributed by atoms with E-state index in [1.807, 2.05) is 0 Å². The van der Waals surface area contributed by atoms with Crippen LogP contribution in [0.5, 0.6) is 5.75 Å². The van der Waals surface area contributed by atoms with E-state index in [1.165, 1.54) is 18.2 Å². The van der Waals surface area contributed by atoms with Crippen LogP contribution in [0.3, 0.4) is 0 Å². The molecule has 2 nitrogen and oxygen atoms in total. The molecule has 0 bridgehead atoms. The summed E-state index contributed by atoms with van der Waals surface area (Å²) in [4.78, 5) is 0. The number of nitrogens with two attached hydrogens (primary N) is 1. The van der Waals surface area contributed by atoms with Crippen LogP contribution in [0.1, 0.15) is 5.56 Å². The van der Waals surface area contributed by atoms with Gasteiger partial charge in [-0.1, -0.05) is 11.6 Å². The minimum Gasteiger partial charge on any atom is -0.485 e. The number of ether oxygens (including phenoxy) is 1. The number of anilines is 1. The number of rotatable bonds is 3. The van der Waals surface area contributed by atoms with Gasteiger partial charge in [0.25, 0.3) is 0 Å². The summed E-state index contributed by atoms with van der Waals surface area (Å²) in [6.07, 6.45) is 0. The molecule has 100 valence electrons. The van der Waals surface area contributed by atoms with Crippen molar-refractivity contribution in [1.29, 1.82) is 0 Å². The fourth-order valence-corrected chi connectivity index (χ4v) is 2.47. The van der Waals surface area contributed by atoms with Gasteiger partial charge in [0.05, 0.1) is 10.2 Å². The van der Waals surface area contributed by atoms with Crippen LogP contribution in [-0.2, 0) is 6.61 Å². The summed E-state index contributed by atoms with van der Waals surface area (Å²) in [5.74, 6) is -0.926. The van der Waals surface area contributed by atoms with Gasteiger partial charge >= 0.3 is 0 Å². The first-order valence-electron chi connectivity index (χ1n) is 5.28. The van der Waals surface area contributed by atoms with E-state index in [0.29, 0.717) is 20.9 Å². The van der Waals surface area contributed by atoms with Crippen molar-refractivity contribution < 1.29 is 13.5 Å². The van der Waals surface area contributed by atoms with Gasteiger partial charge in [-0.05, 0) is 40.2 Å². The molecule has 0 unspecified atom stereocenters. The third-order valence-electron chi connectivity index (χ3n) is 2.42. The van der Waals surface area contributed by atoms with Crippen LogP contribution in [0.25, 0.3) is 0 Å². The highest BCUT2D eigenvalue weighted by Gasteiger charge is 2.10. The van der Waals surface area contributed by atoms with E-state index in [0.717, 1.165) is 6.07 Å². The highest BCUT2D eigenvalue weighted by molar-refractivity contribution is 9.10. The van der Waals surface area contributed by atoms with Crippen molar-refractivity contribution in [3.8, 4) is 5.75 Å². The molecule has 19 heavy (non-hydrogen) atoms. The van der Waals surface area contributed by atoms with Crippen LogP contribution in [0.2, 0.25) is 5.02 Å². The molecule has 0 aliphatic carbocycles. The van der Waals surface area contributed by atoms with Crippen LogP contribution in [0.15, 0.2) is 34.8 Å². The van der Waals surface area contributed by atoms with E-state index in [9.17, 15) is 8.78 Å². The smallest absolute Gasteiger partial charge is 0.156 e. The fraction of sp³-hybridized carbons (Fsp3) is 0.0769. The van der Waals surface area contributed by atoms with Gasteiger partial charge in [0.1, 0.15) is 18.2 Å². The predicted octanol–water partition coefficient (Wildman–Crippen LogP) is 4.54. The van der Waals surface area contributed by atoms with E-state index >= 15 is 0 Å². The highest BCUT2D eigenvalue weighted by atomic mass is 79.9.